The number of carbonyl (C=O) groups is 1. The summed E-state index contributed by atoms with van der Waals surface area (Å²) >= 11 is 6.86. The normalized spacial score (nSPS) is 10.2. The van der Waals surface area contributed by atoms with Gasteiger partial charge in [-0.15, -0.1) is 22.9 Å². The van der Waals surface area contributed by atoms with E-state index in [-0.39, 0.29) is 11.3 Å². The summed E-state index contributed by atoms with van der Waals surface area (Å²) < 4.78 is 0. The Bertz CT molecular complexity index is 574. The fourth-order valence-electron chi connectivity index (χ4n) is 1.06. The molecule has 2 aromatic heterocycles. The molecule has 6 nitrogen and oxygen atoms in total. The predicted octanol–water partition coefficient (Wildman–Crippen LogP) is 1.22. The van der Waals surface area contributed by atoms with Gasteiger partial charge in [-0.3, -0.25) is 14.9 Å². The Morgan fingerprint density at radius 2 is 2.35 bits per heavy atom. The van der Waals surface area contributed by atoms with Crippen molar-refractivity contribution in [1.82, 2.24) is 15.2 Å². The minimum Gasteiger partial charge on any atom is -0.296 e. The zero-order chi connectivity index (χ0) is 12.3. The molecule has 2 rings (SSSR count). The van der Waals surface area contributed by atoms with Crippen LogP contribution in [0.2, 0.25) is 0 Å². The molecular weight excluding hydrogens is 264 g/mol. The first-order chi connectivity index (χ1) is 8.19. The molecule has 0 fully saturated rings. The van der Waals surface area contributed by atoms with E-state index in [0.29, 0.717) is 16.7 Å². The second-order valence-electron chi connectivity index (χ2n) is 3.04. The molecule has 0 spiro atoms. The van der Waals surface area contributed by atoms with Crippen molar-refractivity contribution in [2.45, 2.75) is 5.88 Å². The molecule has 0 radical (unpaired) electrons. The van der Waals surface area contributed by atoms with Crippen LogP contribution in [0.25, 0.3) is 0 Å². The number of carbonyl (C=O) groups excluding carboxylic acids is 1. The molecule has 0 aliphatic carbocycles. The molecule has 1 amide bonds. The number of hydrogen-bond acceptors (Lipinski definition) is 5. The molecule has 0 aliphatic heterocycles. The molecule has 0 aliphatic rings. The third kappa shape index (κ3) is 2.89. The van der Waals surface area contributed by atoms with Gasteiger partial charge in [0.25, 0.3) is 11.5 Å². The van der Waals surface area contributed by atoms with E-state index in [1.807, 2.05) is 0 Å². The predicted molar refractivity (Wildman–Crippen MR) is 64.5 cm³/mol. The summed E-state index contributed by atoms with van der Waals surface area (Å²) in [6.07, 6.45) is 0. The van der Waals surface area contributed by atoms with Crippen LogP contribution < -0.4 is 10.9 Å². The molecule has 2 N–H and O–H groups in total. The van der Waals surface area contributed by atoms with Gasteiger partial charge in [-0.05, 0) is 6.07 Å². The van der Waals surface area contributed by atoms with E-state index in [0.717, 1.165) is 0 Å². The molecule has 17 heavy (non-hydrogen) atoms. The largest absolute Gasteiger partial charge is 0.296 e. The number of alkyl halides is 1. The van der Waals surface area contributed by atoms with Crippen LogP contribution in [0.3, 0.4) is 0 Å². The molecule has 0 saturated heterocycles. The Morgan fingerprint density at radius 1 is 1.53 bits per heavy atom. The molecule has 0 atom stereocenters. The number of aromatic amines is 1. The fourth-order valence-corrected chi connectivity index (χ4v) is 1.99. The van der Waals surface area contributed by atoms with E-state index in [9.17, 15) is 9.59 Å². The monoisotopic (exact) mass is 270 g/mol. The summed E-state index contributed by atoms with van der Waals surface area (Å²) in [5.74, 6) is -0.139. The first-order valence-corrected chi connectivity index (χ1v) is 5.98. The highest BCUT2D eigenvalue weighted by Gasteiger charge is 2.10. The zero-order valence-electron chi connectivity index (χ0n) is 8.44. The van der Waals surface area contributed by atoms with Gasteiger partial charge in [-0.1, -0.05) is 0 Å². The second-order valence-corrected chi connectivity index (χ2v) is 4.16. The minimum atomic E-state index is -0.434. The fraction of sp³-hybridized carbons (Fsp3) is 0.111. The van der Waals surface area contributed by atoms with Crippen LogP contribution in [0.1, 0.15) is 16.2 Å². The first-order valence-electron chi connectivity index (χ1n) is 4.56. The van der Waals surface area contributed by atoms with Crippen molar-refractivity contribution in [2.24, 2.45) is 0 Å². The van der Waals surface area contributed by atoms with Gasteiger partial charge in [-0.25, -0.2) is 10.1 Å². The van der Waals surface area contributed by atoms with Gasteiger partial charge < -0.3 is 0 Å². The highest BCUT2D eigenvalue weighted by atomic mass is 35.5. The standard InChI is InChI=1S/C9H7ClN4O2S/c10-3-5-4-17-9(11-5)12-8(16)6-1-2-7(15)14-13-6/h1-2,4H,3H2,(H,14,15)(H,11,12,16). The Balaban J connectivity index is 2.11. The van der Waals surface area contributed by atoms with E-state index >= 15 is 0 Å². The topological polar surface area (TPSA) is 87.7 Å². The van der Waals surface area contributed by atoms with Gasteiger partial charge in [0.15, 0.2) is 5.13 Å². The van der Waals surface area contributed by atoms with Crippen molar-refractivity contribution in [3.63, 3.8) is 0 Å². The third-order valence-electron chi connectivity index (χ3n) is 1.82. The van der Waals surface area contributed by atoms with Crippen LogP contribution in [-0.4, -0.2) is 21.1 Å². The van der Waals surface area contributed by atoms with E-state index in [1.54, 1.807) is 5.38 Å². The van der Waals surface area contributed by atoms with Crippen LogP contribution in [0.4, 0.5) is 5.13 Å². The molecule has 2 aromatic rings. The second kappa shape index (κ2) is 5.07. The van der Waals surface area contributed by atoms with Crippen LogP contribution in [-0.2, 0) is 5.88 Å². The van der Waals surface area contributed by atoms with Crippen molar-refractivity contribution in [1.29, 1.82) is 0 Å². The lowest BCUT2D eigenvalue weighted by Gasteiger charge is -1.99. The van der Waals surface area contributed by atoms with E-state index in [2.05, 4.69) is 20.5 Å². The van der Waals surface area contributed by atoms with Crippen molar-refractivity contribution in [3.05, 3.63) is 39.3 Å². The van der Waals surface area contributed by atoms with E-state index in [4.69, 9.17) is 11.6 Å². The van der Waals surface area contributed by atoms with Crippen LogP contribution in [0.15, 0.2) is 22.3 Å². The molecule has 0 aromatic carbocycles. The number of aromatic nitrogens is 3. The molecule has 8 heteroatoms. The van der Waals surface area contributed by atoms with Crippen LogP contribution >= 0.6 is 22.9 Å². The highest BCUT2D eigenvalue weighted by molar-refractivity contribution is 7.14. The number of rotatable bonds is 3. The molecule has 0 saturated carbocycles. The Kier molecular flexibility index (Phi) is 3.50. The highest BCUT2D eigenvalue weighted by Crippen LogP contribution is 2.17. The Hall–Kier alpha value is -1.73. The van der Waals surface area contributed by atoms with Crippen LogP contribution in [0.5, 0.6) is 0 Å². The number of halogens is 1. The summed E-state index contributed by atoms with van der Waals surface area (Å²) in [4.78, 5) is 26.5. The quantitative estimate of drug-likeness (QED) is 0.821. The van der Waals surface area contributed by atoms with E-state index < -0.39 is 5.91 Å². The summed E-state index contributed by atoms with van der Waals surface area (Å²) in [6.45, 7) is 0. The number of nitrogens with one attached hydrogen (secondary N) is 2. The molecular formula is C9H7ClN4O2S. The van der Waals surface area contributed by atoms with Crippen molar-refractivity contribution in [3.8, 4) is 0 Å². The summed E-state index contributed by atoms with van der Waals surface area (Å²) in [6, 6.07) is 2.57. The lowest BCUT2D eigenvalue weighted by atomic mass is 10.4. The van der Waals surface area contributed by atoms with E-state index in [1.165, 1.54) is 23.5 Å². The molecule has 88 valence electrons. The maximum absolute atomic E-state index is 11.7. The van der Waals surface area contributed by atoms with Gasteiger partial charge in [0.2, 0.25) is 0 Å². The lowest BCUT2D eigenvalue weighted by molar-refractivity contribution is 0.102. The number of thiazole rings is 1. The van der Waals surface area contributed by atoms with Crippen molar-refractivity contribution >= 4 is 34.0 Å². The molecule has 0 unspecified atom stereocenters. The third-order valence-corrected chi connectivity index (χ3v) is 2.90. The summed E-state index contributed by atoms with van der Waals surface area (Å²) in [5, 5.41) is 10.5. The lowest BCUT2D eigenvalue weighted by Crippen LogP contribution is -2.17. The zero-order valence-corrected chi connectivity index (χ0v) is 10.0. The number of hydrogen-bond donors (Lipinski definition) is 2. The SMILES string of the molecule is O=C(Nc1nc(CCl)cs1)c1ccc(=O)[nH]n1. The maximum atomic E-state index is 11.7. The Labute approximate surface area is 105 Å². The average Bonchev–Trinajstić information content (AvgIpc) is 2.77. The average molecular weight is 271 g/mol. The smallest absolute Gasteiger partial charge is 0.277 e. The van der Waals surface area contributed by atoms with Gasteiger partial charge in [0, 0.05) is 11.4 Å². The van der Waals surface area contributed by atoms with Gasteiger partial charge in [0.1, 0.15) is 5.69 Å². The van der Waals surface area contributed by atoms with Gasteiger partial charge in [0.05, 0.1) is 11.6 Å². The molecule has 0 bridgehead atoms. The van der Waals surface area contributed by atoms with Crippen molar-refractivity contribution in [2.75, 3.05) is 5.32 Å². The number of amides is 1. The van der Waals surface area contributed by atoms with Gasteiger partial charge >= 0.3 is 0 Å². The van der Waals surface area contributed by atoms with Crippen LogP contribution in [0, 0.1) is 0 Å². The summed E-state index contributed by atoms with van der Waals surface area (Å²) in [7, 11) is 0. The number of H-pyrrole nitrogens is 1. The van der Waals surface area contributed by atoms with Gasteiger partial charge in [-0.2, -0.15) is 5.10 Å². The molecule has 2 heterocycles. The number of nitrogens with zero attached hydrogens (tertiary/aromatic N) is 2. The maximum Gasteiger partial charge on any atom is 0.277 e. The number of anilines is 1. The van der Waals surface area contributed by atoms with Crippen molar-refractivity contribution < 1.29 is 4.79 Å². The summed E-state index contributed by atoms with van der Waals surface area (Å²) in [5.41, 5.74) is 0.453. The minimum absolute atomic E-state index is 0.118. The Morgan fingerprint density at radius 3 is 2.94 bits per heavy atom. The first kappa shape index (κ1) is 11.7.